The van der Waals surface area contributed by atoms with E-state index in [1.807, 2.05) is 12.1 Å². The zero-order chi connectivity index (χ0) is 17.9. The van der Waals surface area contributed by atoms with Crippen LogP contribution in [0.4, 0.5) is 0 Å². The van der Waals surface area contributed by atoms with Gasteiger partial charge in [0.2, 0.25) is 10.0 Å². The highest BCUT2D eigenvalue weighted by molar-refractivity contribution is 7.89. The van der Waals surface area contributed by atoms with E-state index >= 15 is 0 Å². The van der Waals surface area contributed by atoms with Crippen molar-refractivity contribution in [3.05, 3.63) is 59.9 Å². The molecule has 1 heterocycles. The van der Waals surface area contributed by atoms with Gasteiger partial charge in [0.1, 0.15) is 0 Å². The number of benzene rings is 1. The van der Waals surface area contributed by atoms with E-state index in [1.165, 1.54) is 12.1 Å². The summed E-state index contributed by atoms with van der Waals surface area (Å²) in [7, 11) is -1.90. The summed E-state index contributed by atoms with van der Waals surface area (Å²) in [6, 6.07) is 9.86. The topological polar surface area (TPSA) is 79.4 Å². The smallest absolute Gasteiger partial charge is 0.253 e. The molecule has 1 fully saturated rings. The average molecular weight is 359 g/mol. The molecule has 0 spiro atoms. The number of carbonyl (C=O) groups is 1. The molecule has 1 aliphatic rings. The minimum atomic E-state index is -3.59. The van der Waals surface area contributed by atoms with Crippen molar-refractivity contribution in [3.63, 3.8) is 0 Å². The van der Waals surface area contributed by atoms with Crippen LogP contribution in [0.25, 0.3) is 0 Å². The van der Waals surface area contributed by atoms with Crippen LogP contribution >= 0.6 is 0 Å². The number of hydrogen-bond acceptors (Lipinski definition) is 4. The molecule has 7 heteroatoms. The van der Waals surface area contributed by atoms with Crippen molar-refractivity contribution in [2.45, 2.75) is 24.3 Å². The maximum atomic E-state index is 12.6. The number of aromatic nitrogens is 1. The molecule has 0 aliphatic heterocycles. The summed E-state index contributed by atoms with van der Waals surface area (Å²) < 4.78 is 27.3. The summed E-state index contributed by atoms with van der Waals surface area (Å²) in [5.41, 5.74) is 1.26. The van der Waals surface area contributed by atoms with Crippen LogP contribution in [-0.4, -0.2) is 37.8 Å². The molecule has 0 unspecified atom stereocenters. The summed E-state index contributed by atoms with van der Waals surface area (Å²) in [6.07, 6.45) is 5.52. The monoisotopic (exact) mass is 359 g/mol. The standard InChI is InChI=1S/C18H21N3O3S/c1-21(13-15-4-3-9-19-11-15)18(22)16-5-2-6-17(10-16)25(23,24)20-12-14-7-8-14/h2-6,9-11,14,20H,7-8,12-13H2,1H3. The first kappa shape index (κ1) is 17.6. The van der Waals surface area contributed by atoms with Crippen LogP contribution in [0.5, 0.6) is 0 Å². The number of rotatable bonds is 7. The van der Waals surface area contributed by atoms with Crippen LogP contribution in [0.1, 0.15) is 28.8 Å². The van der Waals surface area contributed by atoms with Gasteiger partial charge < -0.3 is 4.90 Å². The van der Waals surface area contributed by atoms with Crippen LogP contribution < -0.4 is 4.72 Å². The first-order valence-electron chi connectivity index (χ1n) is 8.20. The summed E-state index contributed by atoms with van der Waals surface area (Å²) >= 11 is 0. The van der Waals surface area contributed by atoms with E-state index in [0.717, 1.165) is 18.4 Å². The van der Waals surface area contributed by atoms with Gasteiger partial charge in [-0.1, -0.05) is 12.1 Å². The van der Waals surface area contributed by atoms with Crippen molar-refractivity contribution in [2.24, 2.45) is 5.92 Å². The molecule has 1 amide bonds. The van der Waals surface area contributed by atoms with Gasteiger partial charge in [-0.15, -0.1) is 0 Å². The molecule has 0 radical (unpaired) electrons. The van der Waals surface area contributed by atoms with E-state index in [1.54, 1.807) is 36.5 Å². The van der Waals surface area contributed by atoms with Gasteiger partial charge in [0.25, 0.3) is 5.91 Å². The van der Waals surface area contributed by atoms with Gasteiger partial charge in [-0.2, -0.15) is 0 Å². The first-order valence-corrected chi connectivity index (χ1v) is 9.68. The second-order valence-electron chi connectivity index (χ2n) is 6.35. The number of hydrogen-bond donors (Lipinski definition) is 1. The molecule has 6 nitrogen and oxygen atoms in total. The molecular formula is C18H21N3O3S. The van der Waals surface area contributed by atoms with Crippen LogP contribution in [0.3, 0.4) is 0 Å². The second kappa shape index (κ2) is 7.33. The summed E-state index contributed by atoms with van der Waals surface area (Å²) in [4.78, 5) is 18.3. The molecule has 0 atom stereocenters. The van der Waals surface area contributed by atoms with Crippen LogP contribution in [-0.2, 0) is 16.6 Å². The van der Waals surface area contributed by atoms with Gasteiger partial charge in [-0.25, -0.2) is 13.1 Å². The van der Waals surface area contributed by atoms with Gasteiger partial charge in [-0.05, 0) is 48.6 Å². The molecule has 1 aromatic carbocycles. The number of carbonyl (C=O) groups excluding carboxylic acids is 1. The highest BCUT2D eigenvalue weighted by Crippen LogP contribution is 2.28. The number of nitrogens with zero attached hydrogens (tertiary/aromatic N) is 2. The number of amides is 1. The van der Waals surface area contributed by atoms with Crippen LogP contribution in [0.15, 0.2) is 53.7 Å². The van der Waals surface area contributed by atoms with E-state index in [0.29, 0.717) is 24.6 Å². The minimum absolute atomic E-state index is 0.119. The Hall–Kier alpha value is -2.25. The lowest BCUT2D eigenvalue weighted by molar-refractivity contribution is 0.0784. The quantitative estimate of drug-likeness (QED) is 0.820. The lowest BCUT2D eigenvalue weighted by atomic mass is 10.2. The third-order valence-corrected chi connectivity index (χ3v) is 5.56. The Kier molecular flexibility index (Phi) is 5.15. The molecule has 132 valence electrons. The van der Waals surface area contributed by atoms with Gasteiger partial charge in [0.15, 0.2) is 0 Å². The minimum Gasteiger partial charge on any atom is -0.337 e. The van der Waals surface area contributed by atoms with Crippen molar-refractivity contribution >= 4 is 15.9 Å². The molecular weight excluding hydrogens is 338 g/mol. The Labute approximate surface area is 147 Å². The third kappa shape index (κ3) is 4.64. The molecule has 0 saturated heterocycles. The van der Waals surface area contributed by atoms with E-state index in [2.05, 4.69) is 9.71 Å². The van der Waals surface area contributed by atoms with Gasteiger partial charge >= 0.3 is 0 Å². The lowest BCUT2D eigenvalue weighted by Crippen LogP contribution is -2.28. The Balaban J connectivity index is 1.72. The molecule has 0 bridgehead atoms. The number of sulfonamides is 1. The van der Waals surface area contributed by atoms with Gasteiger partial charge in [0.05, 0.1) is 4.90 Å². The molecule has 1 saturated carbocycles. The van der Waals surface area contributed by atoms with Crippen molar-refractivity contribution in [2.75, 3.05) is 13.6 Å². The van der Waals surface area contributed by atoms with E-state index in [-0.39, 0.29) is 10.8 Å². The largest absolute Gasteiger partial charge is 0.337 e. The van der Waals surface area contributed by atoms with Crippen LogP contribution in [0.2, 0.25) is 0 Å². The van der Waals surface area contributed by atoms with Crippen molar-refractivity contribution in [1.29, 1.82) is 0 Å². The van der Waals surface area contributed by atoms with Gasteiger partial charge in [-0.3, -0.25) is 9.78 Å². The van der Waals surface area contributed by atoms with Crippen LogP contribution in [0, 0.1) is 5.92 Å². The fourth-order valence-corrected chi connectivity index (χ4v) is 3.65. The third-order valence-electron chi connectivity index (χ3n) is 4.14. The number of nitrogens with one attached hydrogen (secondary N) is 1. The fraction of sp³-hybridized carbons (Fsp3) is 0.333. The highest BCUT2D eigenvalue weighted by Gasteiger charge is 2.24. The maximum Gasteiger partial charge on any atom is 0.253 e. The summed E-state index contributed by atoms with van der Waals surface area (Å²) in [6.45, 7) is 0.866. The normalized spacial score (nSPS) is 14.3. The zero-order valence-corrected chi connectivity index (χ0v) is 14.9. The summed E-state index contributed by atoms with van der Waals surface area (Å²) in [5, 5.41) is 0. The van der Waals surface area contributed by atoms with Crippen molar-refractivity contribution < 1.29 is 13.2 Å². The Bertz CT molecular complexity index is 849. The lowest BCUT2D eigenvalue weighted by Gasteiger charge is -2.17. The predicted molar refractivity (Wildman–Crippen MR) is 94.4 cm³/mol. The predicted octanol–water partition coefficient (Wildman–Crippen LogP) is 2.04. The molecule has 1 N–H and O–H groups in total. The molecule has 1 aliphatic carbocycles. The zero-order valence-electron chi connectivity index (χ0n) is 14.1. The molecule has 3 rings (SSSR count). The highest BCUT2D eigenvalue weighted by atomic mass is 32.2. The summed E-state index contributed by atoms with van der Waals surface area (Å²) in [5.74, 6) is 0.216. The van der Waals surface area contributed by atoms with Crippen molar-refractivity contribution in [3.8, 4) is 0 Å². The molecule has 2 aromatic rings. The number of pyridine rings is 1. The Morgan fingerprint density at radius 1 is 1.28 bits per heavy atom. The van der Waals surface area contributed by atoms with E-state index < -0.39 is 10.0 Å². The van der Waals surface area contributed by atoms with E-state index in [9.17, 15) is 13.2 Å². The first-order chi connectivity index (χ1) is 12.0. The Morgan fingerprint density at radius 2 is 2.08 bits per heavy atom. The average Bonchev–Trinajstić information content (AvgIpc) is 3.45. The molecule has 1 aromatic heterocycles. The van der Waals surface area contributed by atoms with Gasteiger partial charge in [0, 0.05) is 38.1 Å². The fourth-order valence-electron chi connectivity index (χ4n) is 2.49. The maximum absolute atomic E-state index is 12.6. The second-order valence-corrected chi connectivity index (χ2v) is 8.11. The van der Waals surface area contributed by atoms with E-state index in [4.69, 9.17) is 0 Å². The molecule has 25 heavy (non-hydrogen) atoms. The SMILES string of the molecule is CN(Cc1cccnc1)C(=O)c1cccc(S(=O)(=O)NCC2CC2)c1. The Morgan fingerprint density at radius 3 is 2.76 bits per heavy atom. The van der Waals surface area contributed by atoms with Crippen molar-refractivity contribution in [1.82, 2.24) is 14.6 Å².